The first-order chi connectivity index (χ1) is 13.5. The number of anilines is 2. The lowest BCUT2D eigenvalue weighted by molar-refractivity contribution is -0.140. The summed E-state index contributed by atoms with van der Waals surface area (Å²) in [5, 5.41) is 0. The zero-order chi connectivity index (χ0) is 21.8. The first-order valence-corrected chi connectivity index (χ1v) is 12.1. The van der Waals surface area contributed by atoms with E-state index in [4.69, 9.17) is 10.5 Å². The van der Waals surface area contributed by atoms with Gasteiger partial charge in [-0.3, -0.25) is 4.79 Å². The van der Waals surface area contributed by atoms with Crippen molar-refractivity contribution in [1.29, 1.82) is 0 Å². The Morgan fingerprint density at radius 1 is 1.28 bits per heavy atom. The number of carbonyl (C=O) groups is 1. The molecule has 0 aromatic heterocycles. The maximum absolute atomic E-state index is 11.8. The van der Waals surface area contributed by atoms with Crippen LogP contribution in [0, 0.1) is 5.92 Å². The van der Waals surface area contributed by atoms with Gasteiger partial charge >= 0.3 is 5.97 Å². The van der Waals surface area contributed by atoms with Crippen molar-refractivity contribution >= 4 is 27.4 Å². The van der Waals surface area contributed by atoms with Gasteiger partial charge < -0.3 is 15.4 Å². The van der Waals surface area contributed by atoms with Crippen molar-refractivity contribution < 1.29 is 17.9 Å². The van der Waals surface area contributed by atoms with Crippen LogP contribution in [0.2, 0.25) is 0 Å². The smallest absolute Gasteiger partial charge is 0.306 e. The van der Waals surface area contributed by atoms with Gasteiger partial charge in [-0.25, -0.2) is 12.7 Å². The fourth-order valence-corrected chi connectivity index (χ4v) is 4.79. The number of benzene rings is 1. The first-order valence-electron chi connectivity index (χ1n) is 10.2. The highest BCUT2D eigenvalue weighted by atomic mass is 32.2. The van der Waals surface area contributed by atoms with Crippen LogP contribution in [0.5, 0.6) is 0 Å². The third-order valence-electron chi connectivity index (χ3n) is 5.53. The van der Waals surface area contributed by atoms with Gasteiger partial charge in [0, 0.05) is 25.7 Å². The predicted octanol–water partition coefficient (Wildman–Crippen LogP) is 2.82. The monoisotopic (exact) mass is 425 g/mol. The molecule has 1 fully saturated rings. The zero-order valence-electron chi connectivity index (χ0n) is 18.2. The molecule has 0 amide bonds. The second-order valence-electron chi connectivity index (χ2n) is 8.44. The fourth-order valence-electron chi connectivity index (χ4n) is 3.92. The highest BCUT2D eigenvalue weighted by Gasteiger charge is 2.30. The van der Waals surface area contributed by atoms with E-state index in [-0.39, 0.29) is 17.9 Å². The lowest BCUT2D eigenvalue weighted by atomic mass is 9.95. The average molecular weight is 426 g/mol. The molecular weight excluding hydrogens is 390 g/mol. The molecule has 1 aromatic carbocycles. The molecular formula is C21H35N3O4S. The number of methoxy groups -OCH3 is 1. The molecule has 164 valence electrons. The number of piperidine rings is 1. The number of rotatable bonds is 8. The summed E-state index contributed by atoms with van der Waals surface area (Å²) in [6.07, 6.45) is 3.14. The van der Waals surface area contributed by atoms with Gasteiger partial charge in [0.05, 0.1) is 31.2 Å². The normalized spacial score (nSPS) is 17.3. The van der Waals surface area contributed by atoms with Crippen LogP contribution in [0.25, 0.3) is 0 Å². The van der Waals surface area contributed by atoms with Gasteiger partial charge in [0.15, 0.2) is 0 Å². The molecule has 0 bridgehead atoms. The molecule has 1 heterocycles. The van der Waals surface area contributed by atoms with E-state index in [1.807, 2.05) is 25.1 Å². The first kappa shape index (κ1) is 23.5. The van der Waals surface area contributed by atoms with E-state index >= 15 is 0 Å². The minimum absolute atomic E-state index is 0.0235. The number of sulfonamides is 1. The number of hydrogen-bond acceptors (Lipinski definition) is 6. The van der Waals surface area contributed by atoms with Crippen molar-refractivity contribution in [2.24, 2.45) is 5.92 Å². The lowest BCUT2D eigenvalue weighted by Gasteiger charge is -2.40. The molecule has 0 saturated carbocycles. The van der Waals surface area contributed by atoms with E-state index in [1.54, 1.807) is 4.31 Å². The maximum atomic E-state index is 11.8. The molecule has 1 atom stereocenters. The van der Waals surface area contributed by atoms with Crippen LogP contribution in [-0.2, 0) is 19.6 Å². The molecule has 29 heavy (non-hydrogen) atoms. The molecule has 1 aliphatic heterocycles. The number of esters is 1. The molecule has 0 radical (unpaired) electrons. The van der Waals surface area contributed by atoms with Crippen molar-refractivity contribution in [3.05, 3.63) is 23.8 Å². The van der Waals surface area contributed by atoms with Crippen LogP contribution in [0.4, 0.5) is 11.4 Å². The van der Waals surface area contributed by atoms with Crippen molar-refractivity contribution in [3.8, 4) is 0 Å². The Morgan fingerprint density at radius 3 is 2.38 bits per heavy atom. The second kappa shape index (κ2) is 9.80. The number of nitrogen functional groups attached to an aromatic ring is 1. The predicted molar refractivity (Wildman–Crippen MR) is 118 cm³/mol. The van der Waals surface area contributed by atoms with Crippen LogP contribution in [0.15, 0.2) is 18.2 Å². The Labute approximate surface area is 175 Å². The summed E-state index contributed by atoms with van der Waals surface area (Å²) in [4.78, 5) is 13.9. The highest BCUT2D eigenvalue weighted by molar-refractivity contribution is 7.88. The number of hydrogen-bond donors (Lipinski definition) is 1. The van der Waals surface area contributed by atoms with Gasteiger partial charge in [-0.1, -0.05) is 26.8 Å². The van der Waals surface area contributed by atoms with Crippen molar-refractivity contribution in [1.82, 2.24) is 4.31 Å². The van der Waals surface area contributed by atoms with Crippen molar-refractivity contribution in [2.45, 2.75) is 52.0 Å². The summed E-state index contributed by atoms with van der Waals surface area (Å²) in [6.45, 7) is 8.24. The van der Waals surface area contributed by atoms with E-state index in [2.05, 4.69) is 18.7 Å². The highest BCUT2D eigenvalue weighted by Crippen LogP contribution is 2.33. The molecule has 1 aliphatic rings. The van der Waals surface area contributed by atoms with Gasteiger partial charge in [0.25, 0.3) is 0 Å². The third kappa shape index (κ3) is 6.34. The van der Waals surface area contributed by atoms with Gasteiger partial charge in [-0.2, -0.15) is 0 Å². The summed E-state index contributed by atoms with van der Waals surface area (Å²) in [6, 6.07) is 6.25. The van der Waals surface area contributed by atoms with Gasteiger partial charge in [-0.15, -0.1) is 0 Å². The second-order valence-corrected chi connectivity index (χ2v) is 10.4. The molecule has 7 nitrogen and oxygen atoms in total. The number of nitrogens with zero attached hydrogens (tertiary/aromatic N) is 2. The Bertz CT molecular complexity index is 802. The lowest BCUT2D eigenvalue weighted by Crippen LogP contribution is -2.47. The molecule has 0 unspecified atom stereocenters. The molecule has 0 spiro atoms. The standard InChI is InChI=1S/C21H35N3O4S/c1-15(2)14-24(18-8-10-23(11-9-18)29(5,26)27)20-7-6-17(13-19(20)22)16(3)12-21(25)28-4/h6-7,13,15-16,18H,8-12,14,22H2,1-5H3/t16-/m1/s1. The number of carbonyl (C=O) groups excluding carboxylic acids is 1. The average Bonchev–Trinajstić information content (AvgIpc) is 2.65. The van der Waals surface area contributed by atoms with E-state index in [1.165, 1.54) is 13.4 Å². The van der Waals surface area contributed by atoms with Crippen molar-refractivity contribution in [2.75, 3.05) is 43.6 Å². The zero-order valence-corrected chi connectivity index (χ0v) is 19.0. The Balaban J connectivity index is 2.21. The van der Waals surface area contributed by atoms with E-state index < -0.39 is 10.0 Å². The van der Waals surface area contributed by atoms with Crippen LogP contribution >= 0.6 is 0 Å². The number of nitrogens with two attached hydrogens (primary N) is 1. The molecule has 8 heteroatoms. The molecule has 1 saturated heterocycles. The molecule has 0 aliphatic carbocycles. The summed E-state index contributed by atoms with van der Waals surface area (Å²) >= 11 is 0. The summed E-state index contributed by atoms with van der Waals surface area (Å²) in [5.41, 5.74) is 9.11. The summed E-state index contributed by atoms with van der Waals surface area (Å²) < 4.78 is 30.0. The van der Waals surface area contributed by atoms with Crippen LogP contribution in [-0.4, -0.2) is 57.7 Å². The van der Waals surface area contributed by atoms with Crippen LogP contribution < -0.4 is 10.6 Å². The minimum atomic E-state index is -3.15. The number of ether oxygens (including phenoxy) is 1. The van der Waals surface area contributed by atoms with Gasteiger partial charge in [-0.05, 0) is 42.4 Å². The summed E-state index contributed by atoms with van der Waals surface area (Å²) in [5.74, 6) is 0.231. The van der Waals surface area contributed by atoms with Crippen LogP contribution in [0.1, 0.15) is 51.5 Å². The Hall–Kier alpha value is -1.80. The fraction of sp³-hybridized carbons (Fsp3) is 0.667. The van der Waals surface area contributed by atoms with Crippen LogP contribution in [0.3, 0.4) is 0 Å². The SMILES string of the molecule is COC(=O)C[C@@H](C)c1ccc(N(CC(C)C)C2CCN(S(C)(=O)=O)CC2)c(N)c1. The quantitative estimate of drug-likeness (QED) is 0.508. The van der Waals surface area contributed by atoms with Gasteiger partial charge in [0.2, 0.25) is 10.0 Å². The molecule has 1 aromatic rings. The largest absolute Gasteiger partial charge is 0.469 e. The Kier molecular flexibility index (Phi) is 7.94. The van der Waals surface area contributed by atoms with E-state index in [0.717, 1.165) is 30.6 Å². The minimum Gasteiger partial charge on any atom is -0.469 e. The molecule has 2 N–H and O–H groups in total. The maximum Gasteiger partial charge on any atom is 0.306 e. The molecule has 2 rings (SSSR count). The van der Waals surface area contributed by atoms with Gasteiger partial charge in [0.1, 0.15) is 0 Å². The van der Waals surface area contributed by atoms with E-state index in [9.17, 15) is 13.2 Å². The van der Waals surface area contributed by atoms with E-state index in [0.29, 0.717) is 31.1 Å². The topological polar surface area (TPSA) is 92.9 Å². The van der Waals surface area contributed by atoms with Crippen molar-refractivity contribution in [3.63, 3.8) is 0 Å². The third-order valence-corrected chi connectivity index (χ3v) is 6.83. The Morgan fingerprint density at radius 2 is 1.90 bits per heavy atom. The summed E-state index contributed by atoms with van der Waals surface area (Å²) in [7, 11) is -1.75.